The smallest absolute Gasteiger partial charge is 0.243 e. The molecule has 0 radical (unpaired) electrons. The van der Waals surface area contributed by atoms with Crippen LogP contribution >= 0.6 is 23.1 Å². The second-order valence-electron chi connectivity index (χ2n) is 7.34. The van der Waals surface area contributed by atoms with E-state index < -0.39 is 15.9 Å². The summed E-state index contributed by atoms with van der Waals surface area (Å²) in [6, 6.07) is 18.9. The zero-order valence-electron chi connectivity index (χ0n) is 17.2. The van der Waals surface area contributed by atoms with Crippen LogP contribution in [0.3, 0.4) is 0 Å². The minimum atomic E-state index is -3.93. The first-order valence-corrected chi connectivity index (χ1v) is 12.4. The standard InChI is InChI=1S/C23H20ClN3O3S2/c1-16-2-4-17(5-3-16)14-27(32(29,30)21-9-6-19(24)7-10-21)15-23(28)26-20-8-11-22-18(12-20)13-25-31-22/h2-13H,14-15H2,1H3,(H,26,28). The van der Waals surface area contributed by atoms with E-state index in [9.17, 15) is 13.2 Å². The fourth-order valence-corrected chi connectivity index (χ4v) is 5.33. The van der Waals surface area contributed by atoms with Crippen LogP contribution in [0, 0.1) is 6.92 Å². The predicted molar refractivity (Wildman–Crippen MR) is 128 cm³/mol. The number of fused-ring (bicyclic) bond motifs is 1. The summed E-state index contributed by atoms with van der Waals surface area (Å²) in [6.07, 6.45) is 1.73. The van der Waals surface area contributed by atoms with E-state index in [1.807, 2.05) is 43.3 Å². The van der Waals surface area contributed by atoms with Gasteiger partial charge >= 0.3 is 0 Å². The number of halogens is 1. The number of rotatable bonds is 7. The molecular weight excluding hydrogens is 466 g/mol. The summed E-state index contributed by atoms with van der Waals surface area (Å²) < 4.78 is 33.0. The van der Waals surface area contributed by atoms with Crippen molar-refractivity contribution in [1.29, 1.82) is 0 Å². The van der Waals surface area contributed by atoms with Gasteiger partial charge in [0.1, 0.15) is 0 Å². The van der Waals surface area contributed by atoms with Crippen molar-refractivity contribution in [2.24, 2.45) is 0 Å². The molecule has 0 aliphatic carbocycles. The van der Waals surface area contributed by atoms with Crippen LogP contribution in [-0.4, -0.2) is 29.5 Å². The first-order valence-electron chi connectivity index (χ1n) is 9.77. The van der Waals surface area contributed by atoms with E-state index in [0.29, 0.717) is 10.7 Å². The lowest BCUT2D eigenvalue weighted by Gasteiger charge is -2.22. The summed E-state index contributed by atoms with van der Waals surface area (Å²) in [6.45, 7) is 1.68. The van der Waals surface area contributed by atoms with Crippen LogP contribution in [0.2, 0.25) is 5.02 Å². The third-order valence-electron chi connectivity index (χ3n) is 4.89. The average Bonchev–Trinajstić information content (AvgIpc) is 3.23. The van der Waals surface area contributed by atoms with Gasteiger partial charge in [-0.15, -0.1) is 0 Å². The van der Waals surface area contributed by atoms with Crippen molar-refractivity contribution in [3.05, 3.63) is 89.1 Å². The van der Waals surface area contributed by atoms with E-state index in [4.69, 9.17) is 11.6 Å². The number of nitrogens with one attached hydrogen (secondary N) is 1. The molecule has 0 bridgehead atoms. The fourth-order valence-electron chi connectivity index (χ4n) is 3.19. The highest BCUT2D eigenvalue weighted by atomic mass is 35.5. The molecule has 1 amide bonds. The second kappa shape index (κ2) is 9.38. The topological polar surface area (TPSA) is 79.4 Å². The number of carbonyl (C=O) groups is 1. The zero-order valence-corrected chi connectivity index (χ0v) is 19.5. The second-order valence-corrected chi connectivity index (χ2v) is 10.5. The van der Waals surface area contributed by atoms with Gasteiger partial charge in [-0.3, -0.25) is 4.79 Å². The molecule has 0 fully saturated rings. The highest BCUT2D eigenvalue weighted by Gasteiger charge is 2.27. The van der Waals surface area contributed by atoms with E-state index in [0.717, 1.165) is 21.2 Å². The predicted octanol–water partition coefficient (Wildman–Crippen LogP) is 5.09. The van der Waals surface area contributed by atoms with Crippen LogP contribution in [-0.2, 0) is 21.4 Å². The molecule has 164 valence electrons. The molecule has 32 heavy (non-hydrogen) atoms. The molecule has 0 saturated carbocycles. The monoisotopic (exact) mass is 485 g/mol. The van der Waals surface area contributed by atoms with Crippen molar-refractivity contribution in [2.45, 2.75) is 18.4 Å². The highest BCUT2D eigenvalue weighted by Crippen LogP contribution is 2.23. The largest absolute Gasteiger partial charge is 0.325 e. The lowest BCUT2D eigenvalue weighted by Crippen LogP contribution is -2.37. The van der Waals surface area contributed by atoms with Crippen LogP contribution in [0.5, 0.6) is 0 Å². The number of aryl methyl sites for hydroxylation is 1. The van der Waals surface area contributed by atoms with Gasteiger partial charge in [0.25, 0.3) is 0 Å². The molecule has 0 saturated heterocycles. The maximum atomic E-state index is 13.3. The summed E-state index contributed by atoms with van der Waals surface area (Å²) in [4.78, 5) is 12.9. The third kappa shape index (κ3) is 5.16. The summed E-state index contributed by atoms with van der Waals surface area (Å²) in [5, 5.41) is 4.14. The molecule has 0 aliphatic rings. The summed E-state index contributed by atoms with van der Waals surface area (Å²) >= 11 is 7.29. The number of amides is 1. The van der Waals surface area contributed by atoms with Crippen molar-refractivity contribution in [1.82, 2.24) is 8.68 Å². The van der Waals surface area contributed by atoms with E-state index >= 15 is 0 Å². The van der Waals surface area contributed by atoms with Crippen LogP contribution < -0.4 is 5.32 Å². The molecule has 9 heteroatoms. The summed E-state index contributed by atoms with van der Waals surface area (Å²) in [5.74, 6) is -0.433. The van der Waals surface area contributed by atoms with Crippen LogP contribution in [0.25, 0.3) is 10.1 Å². The Morgan fingerprint density at radius 3 is 2.50 bits per heavy atom. The van der Waals surface area contributed by atoms with Crippen LogP contribution in [0.4, 0.5) is 5.69 Å². The highest BCUT2D eigenvalue weighted by molar-refractivity contribution is 7.89. The van der Waals surface area contributed by atoms with Gasteiger partial charge in [-0.1, -0.05) is 41.4 Å². The molecule has 1 aromatic heterocycles. The number of hydrogen-bond donors (Lipinski definition) is 1. The van der Waals surface area contributed by atoms with E-state index in [1.165, 1.54) is 40.1 Å². The molecule has 1 heterocycles. The maximum Gasteiger partial charge on any atom is 0.243 e. The molecule has 4 aromatic rings. The summed E-state index contributed by atoms with van der Waals surface area (Å²) in [5.41, 5.74) is 2.44. The Morgan fingerprint density at radius 2 is 1.78 bits per heavy atom. The van der Waals surface area contributed by atoms with Gasteiger partial charge in [0.15, 0.2) is 0 Å². The van der Waals surface area contributed by atoms with Crippen molar-refractivity contribution >= 4 is 54.8 Å². The Bertz CT molecular complexity index is 1350. The minimum absolute atomic E-state index is 0.0617. The van der Waals surface area contributed by atoms with Gasteiger partial charge in [-0.2, -0.15) is 8.68 Å². The third-order valence-corrected chi connectivity index (χ3v) is 7.72. The number of hydrogen-bond acceptors (Lipinski definition) is 5. The van der Waals surface area contributed by atoms with Gasteiger partial charge in [0, 0.05) is 28.8 Å². The van der Waals surface area contributed by atoms with Gasteiger partial charge in [0.2, 0.25) is 15.9 Å². The Labute approximate surface area is 195 Å². The van der Waals surface area contributed by atoms with Crippen LogP contribution in [0.15, 0.2) is 77.8 Å². The molecule has 0 spiro atoms. The van der Waals surface area contributed by atoms with Gasteiger partial charge in [-0.25, -0.2) is 8.42 Å². The Morgan fingerprint density at radius 1 is 1.06 bits per heavy atom. The quantitative estimate of drug-likeness (QED) is 0.395. The normalized spacial score (nSPS) is 11.7. The molecule has 3 aromatic carbocycles. The molecule has 0 unspecified atom stereocenters. The van der Waals surface area contributed by atoms with Crippen molar-refractivity contribution in [2.75, 3.05) is 11.9 Å². The molecule has 1 N–H and O–H groups in total. The summed E-state index contributed by atoms with van der Waals surface area (Å²) in [7, 11) is -3.93. The van der Waals surface area contributed by atoms with Crippen molar-refractivity contribution < 1.29 is 13.2 Å². The Kier molecular flexibility index (Phi) is 6.57. The first-order chi connectivity index (χ1) is 15.3. The minimum Gasteiger partial charge on any atom is -0.325 e. The lowest BCUT2D eigenvalue weighted by molar-refractivity contribution is -0.116. The number of nitrogens with zero attached hydrogens (tertiary/aromatic N) is 2. The van der Waals surface area contributed by atoms with Crippen molar-refractivity contribution in [3.63, 3.8) is 0 Å². The van der Waals surface area contributed by atoms with Gasteiger partial charge in [-0.05, 0) is 66.5 Å². The SMILES string of the molecule is Cc1ccc(CN(CC(=O)Nc2ccc3sncc3c2)S(=O)(=O)c2ccc(Cl)cc2)cc1. The molecule has 0 aliphatic heterocycles. The molecular formula is C23H20ClN3O3S2. The lowest BCUT2D eigenvalue weighted by atomic mass is 10.1. The van der Waals surface area contributed by atoms with Gasteiger partial charge in [0.05, 0.1) is 16.1 Å². The van der Waals surface area contributed by atoms with E-state index in [-0.39, 0.29) is 18.0 Å². The number of benzene rings is 3. The number of aromatic nitrogens is 1. The average molecular weight is 486 g/mol. The molecule has 4 rings (SSSR count). The van der Waals surface area contributed by atoms with E-state index in [1.54, 1.807) is 12.3 Å². The molecule has 0 atom stereocenters. The zero-order chi connectivity index (χ0) is 22.7. The number of anilines is 1. The maximum absolute atomic E-state index is 13.3. The van der Waals surface area contributed by atoms with E-state index in [2.05, 4.69) is 9.69 Å². The Balaban J connectivity index is 1.59. The first kappa shape index (κ1) is 22.4. The van der Waals surface area contributed by atoms with Crippen LogP contribution in [0.1, 0.15) is 11.1 Å². The Hall–Kier alpha value is -2.78. The van der Waals surface area contributed by atoms with Crippen molar-refractivity contribution in [3.8, 4) is 0 Å². The van der Waals surface area contributed by atoms with Gasteiger partial charge < -0.3 is 5.32 Å². The molecule has 6 nitrogen and oxygen atoms in total. The number of carbonyl (C=O) groups excluding carboxylic acids is 1. The number of sulfonamides is 1. The fraction of sp³-hybridized carbons (Fsp3) is 0.130.